The van der Waals surface area contributed by atoms with Crippen molar-refractivity contribution in [3.05, 3.63) is 35.4 Å². The van der Waals surface area contributed by atoms with E-state index in [9.17, 15) is 9.59 Å². The number of hydrogen-bond donors (Lipinski definition) is 1. The number of amides is 1. The third kappa shape index (κ3) is 3.58. The maximum Gasteiger partial charge on any atom is 0.336 e. The van der Waals surface area contributed by atoms with Crippen LogP contribution in [0.15, 0.2) is 24.3 Å². The molecular weight excluding hydrogens is 230 g/mol. The summed E-state index contributed by atoms with van der Waals surface area (Å²) in [6, 6.07) is 6.30. The van der Waals surface area contributed by atoms with Crippen molar-refractivity contribution in [2.45, 2.75) is 20.3 Å². The van der Waals surface area contributed by atoms with Crippen LogP contribution in [0.2, 0.25) is 0 Å². The van der Waals surface area contributed by atoms with E-state index in [4.69, 9.17) is 5.11 Å². The summed E-state index contributed by atoms with van der Waals surface area (Å²) in [5, 5.41) is 9.04. The summed E-state index contributed by atoms with van der Waals surface area (Å²) in [4.78, 5) is 24.8. The van der Waals surface area contributed by atoms with Gasteiger partial charge in [0.2, 0.25) is 0 Å². The molecule has 1 N–H and O–H groups in total. The molecule has 4 heteroatoms. The molecule has 4 nitrogen and oxygen atoms in total. The summed E-state index contributed by atoms with van der Waals surface area (Å²) in [6.07, 6.45) is 0.900. The van der Waals surface area contributed by atoms with E-state index >= 15 is 0 Å². The molecule has 0 atom stereocenters. The number of carboxylic acids is 1. The Hall–Kier alpha value is -1.84. The maximum absolute atomic E-state index is 12.1. The molecule has 0 aliphatic heterocycles. The monoisotopic (exact) mass is 249 g/mol. The number of carboxylic acid groups (broad SMARTS) is 1. The summed E-state index contributed by atoms with van der Waals surface area (Å²) in [6.45, 7) is 4.80. The SMILES string of the molecule is CC(C)CCN(C)C(=O)c1ccccc1C(=O)O. The molecule has 1 aromatic rings. The predicted molar refractivity (Wildman–Crippen MR) is 69.8 cm³/mol. The zero-order valence-electron chi connectivity index (χ0n) is 11.0. The third-order valence-corrected chi connectivity index (χ3v) is 2.78. The van der Waals surface area contributed by atoms with Gasteiger partial charge in [-0.15, -0.1) is 0 Å². The summed E-state index contributed by atoms with van der Waals surface area (Å²) in [7, 11) is 1.70. The number of hydrogen-bond acceptors (Lipinski definition) is 2. The van der Waals surface area contributed by atoms with E-state index < -0.39 is 5.97 Å². The van der Waals surface area contributed by atoms with Crippen LogP contribution < -0.4 is 0 Å². The van der Waals surface area contributed by atoms with Crippen LogP contribution in [-0.4, -0.2) is 35.5 Å². The van der Waals surface area contributed by atoms with Gasteiger partial charge in [0.25, 0.3) is 5.91 Å². The standard InChI is InChI=1S/C14H19NO3/c1-10(2)8-9-15(3)13(16)11-6-4-5-7-12(11)14(17)18/h4-7,10H,8-9H2,1-3H3,(H,17,18). The molecule has 0 unspecified atom stereocenters. The van der Waals surface area contributed by atoms with Gasteiger partial charge in [0, 0.05) is 13.6 Å². The lowest BCUT2D eigenvalue weighted by Crippen LogP contribution is -2.29. The Morgan fingerprint density at radius 1 is 1.22 bits per heavy atom. The second-order valence-corrected chi connectivity index (χ2v) is 4.76. The smallest absolute Gasteiger partial charge is 0.336 e. The summed E-state index contributed by atoms with van der Waals surface area (Å²) >= 11 is 0. The first kappa shape index (κ1) is 14.2. The van der Waals surface area contributed by atoms with Gasteiger partial charge in [-0.2, -0.15) is 0 Å². The normalized spacial score (nSPS) is 10.4. The van der Waals surface area contributed by atoms with Crippen molar-refractivity contribution in [1.29, 1.82) is 0 Å². The minimum absolute atomic E-state index is 0.0545. The molecule has 1 rings (SSSR count). The Kier molecular flexibility index (Phi) is 4.89. The highest BCUT2D eigenvalue weighted by Crippen LogP contribution is 2.12. The second-order valence-electron chi connectivity index (χ2n) is 4.76. The molecule has 1 amide bonds. The topological polar surface area (TPSA) is 57.6 Å². The Morgan fingerprint density at radius 3 is 2.28 bits per heavy atom. The number of benzene rings is 1. The Balaban J connectivity index is 2.86. The van der Waals surface area contributed by atoms with Crippen LogP contribution in [0.3, 0.4) is 0 Å². The molecule has 0 heterocycles. The van der Waals surface area contributed by atoms with Gasteiger partial charge in [0.1, 0.15) is 0 Å². The van der Waals surface area contributed by atoms with E-state index in [2.05, 4.69) is 13.8 Å². The number of aromatic carboxylic acids is 1. The highest BCUT2D eigenvalue weighted by atomic mass is 16.4. The fourth-order valence-corrected chi connectivity index (χ4v) is 1.62. The number of carbonyl (C=O) groups excluding carboxylic acids is 1. The van der Waals surface area contributed by atoms with Crippen molar-refractivity contribution in [3.8, 4) is 0 Å². The number of carbonyl (C=O) groups is 2. The summed E-state index contributed by atoms with van der Waals surface area (Å²) in [5.41, 5.74) is 0.301. The molecule has 0 aliphatic carbocycles. The van der Waals surface area contributed by atoms with Gasteiger partial charge in [-0.1, -0.05) is 26.0 Å². The predicted octanol–water partition coefficient (Wildman–Crippen LogP) is 2.50. The lowest BCUT2D eigenvalue weighted by molar-refractivity contribution is 0.0681. The Morgan fingerprint density at radius 2 is 1.78 bits per heavy atom. The minimum Gasteiger partial charge on any atom is -0.478 e. The fourth-order valence-electron chi connectivity index (χ4n) is 1.62. The van der Waals surface area contributed by atoms with E-state index in [0.29, 0.717) is 12.5 Å². The molecule has 0 aromatic heterocycles. The molecule has 1 aromatic carbocycles. The average molecular weight is 249 g/mol. The van der Waals surface area contributed by atoms with Gasteiger partial charge in [0.05, 0.1) is 11.1 Å². The first-order valence-electron chi connectivity index (χ1n) is 6.01. The van der Waals surface area contributed by atoms with Gasteiger partial charge in [-0.25, -0.2) is 4.79 Å². The van der Waals surface area contributed by atoms with Crippen molar-refractivity contribution < 1.29 is 14.7 Å². The second kappa shape index (κ2) is 6.19. The minimum atomic E-state index is -1.07. The van der Waals surface area contributed by atoms with Crippen molar-refractivity contribution in [2.24, 2.45) is 5.92 Å². The van der Waals surface area contributed by atoms with Crippen LogP contribution in [0.4, 0.5) is 0 Å². The summed E-state index contributed by atoms with van der Waals surface area (Å²) < 4.78 is 0. The molecule has 0 saturated carbocycles. The lowest BCUT2D eigenvalue weighted by Gasteiger charge is -2.19. The van der Waals surface area contributed by atoms with Crippen LogP contribution in [-0.2, 0) is 0 Å². The third-order valence-electron chi connectivity index (χ3n) is 2.78. The van der Waals surface area contributed by atoms with E-state index in [1.54, 1.807) is 30.1 Å². The van der Waals surface area contributed by atoms with Gasteiger partial charge in [-0.3, -0.25) is 4.79 Å². The highest BCUT2D eigenvalue weighted by Gasteiger charge is 2.18. The van der Waals surface area contributed by atoms with E-state index in [1.807, 2.05) is 0 Å². The zero-order valence-corrected chi connectivity index (χ0v) is 11.0. The molecule has 0 bridgehead atoms. The van der Waals surface area contributed by atoms with Crippen molar-refractivity contribution >= 4 is 11.9 Å². The molecular formula is C14H19NO3. The average Bonchev–Trinajstić information content (AvgIpc) is 2.34. The molecule has 98 valence electrons. The Bertz CT molecular complexity index is 440. The first-order valence-corrected chi connectivity index (χ1v) is 6.01. The molecule has 0 radical (unpaired) electrons. The van der Waals surface area contributed by atoms with Crippen molar-refractivity contribution in [2.75, 3.05) is 13.6 Å². The first-order chi connectivity index (χ1) is 8.43. The van der Waals surface area contributed by atoms with Crippen LogP contribution >= 0.6 is 0 Å². The van der Waals surface area contributed by atoms with E-state index in [1.165, 1.54) is 6.07 Å². The quantitative estimate of drug-likeness (QED) is 0.872. The van der Waals surface area contributed by atoms with Crippen molar-refractivity contribution in [3.63, 3.8) is 0 Å². The largest absolute Gasteiger partial charge is 0.478 e. The molecule has 0 fully saturated rings. The zero-order chi connectivity index (χ0) is 13.7. The van der Waals surface area contributed by atoms with Gasteiger partial charge >= 0.3 is 5.97 Å². The molecule has 0 aliphatic rings. The highest BCUT2D eigenvalue weighted by molar-refractivity contribution is 6.04. The number of nitrogens with zero attached hydrogens (tertiary/aromatic N) is 1. The molecule has 0 spiro atoms. The fraction of sp³-hybridized carbons (Fsp3) is 0.429. The van der Waals surface area contributed by atoms with Crippen LogP contribution in [0.1, 0.15) is 41.0 Å². The van der Waals surface area contributed by atoms with Crippen LogP contribution in [0.25, 0.3) is 0 Å². The van der Waals surface area contributed by atoms with Gasteiger partial charge in [-0.05, 0) is 24.5 Å². The van der Waals surface area contributed by atoms with E-state index in [-0.39, 0.29) is 17.0 Å². The Labute approximate surface area is 107 Å². The molecule has 0 saturated heterocycles. The van der Waals surface area contributed by atoms with Gasteiger partial charge < -0.3 is 10.0 Å². The number of rotatable bonds is 5. The van der Waals surface area contributed by atoms with Crippen molar-refractivity contribution in [1.82, 2.24) is 4.90 Å². The van der Waals surface area contributed by atoms with Gasteiger partial charge in [0.15, 0.2) is 0 Å². The summed E-state index contributed by atoms with van der Waals surface area (Å²) in [5.74, 6) is -0.806. The van der Waals surface area contributed by atoms with Crippen LogP contribution in [0.5, 0.6) is 0 Å². The maximum atomic E-state index is 12.1. The molecule has 18 heavy (non-hydrogen) atoms. The van der Waals surface area contributed by atoms with E-state index in [0.717, 1.165) is 6.42 Å². The lowest BCUT2D eigenvalue weighted by atomic mass is 10.1. The van der Waals surface area contributed by atoms with Crippen LogP contribution in [0, 0.1) is 5.92 Å².